The molecular formula is C45H33N. The number of para-hydroxylation sites is 1. The Morgan fingerprint density at radius 1 is 0.391 bits per heavy atom. The molecule has 8 aromatic rings. The number of hydrogen-bond acceptors (Lipinski definition) is 1. The van der Waals surface area contributed by atoms with Gasteiger partial charge < -0.3 is 4.90 Å². The molecule has 0 heterocycles. The molecule has 0 saturated heterocycles. The van der Waals surface area contributed by atoms with Gasteiger partial charge >= 0.3 is 0 Å². The van der Waals surface area contributed by atoms with Crippen LogP contribution in [0.15, 0.2) is 164 Å². The van der Waals surface area contributed by atoms with Crippen LogP contribution in [-0.4, -0.2) is 0 Å². The quantitative estimate of drug-likeness (QED) is 0.185. The van der Waals surface area contributed by atoms with Crippen molar-refractivity contribution in [1.82, 2.24) is 0 Å². The Labute approximate surface area is 270 Å². The second-order valence-corrected chi connectivity index (χ2v) is 13.0. The highest BCUT2D eigenvalue weighted by molar-refractivity contribution is 6.23. The Hall–Kier alpha value is -5.66. The van der Waals surface area contributed by atoms with Gasteiger partial charge in [-0.1, -0.05) is 135 Å². The molecule has 0 fully saturated rings. The molecule has 1 heteroatoms. The third kappa shape index (κ3) is 4.02. The maximum Gasteiger partial charge on any atom is 0.0468 e. The lowest BCUT2D eigenvalue weighted by Gasteiger charge is -2.27. The minimum absolute atomic E-state index is 0.0174. The van der Waals surface area contributed by atoms with Gasteiger partial charge in [0.25, 0.3) is 0 Å². The van der Waals surface area contributed by atoms with Gasteiger partial charge in [-0.3, -0.25) is 0 Å². The van der Waals surface area contributed by atoms with E-state index in [1.54, 1.807) is 0 Å². The van der Waals surface area contributed by atoms with Crippen molar-refractivity contribution in [3.05, 3.63) is 175 Å². The van der Waals surface area contributed by atoms with Crippen LogP contribution in [0.4, 0.5) is 17.1 Å². The maximum atomic E-state index is 2.38. The van der Waals surface area contributed by atoms with Crippen LogP contribution in [0.3, 0.4) is 0 Å². The molecule has 0 bridgehead atoms. The molecule has 1 nitrogen and oxygen atoms in total. The van der Waals surface area contributed by atoms with E-state index >= 15 is 0 Å². The van der Waals surface area contributed by atoms with Crippen LogP contribution in [0.25, 0.3) is 54.6 Å². The molecular weight excluding hydrogens is 555 g/mol. The smallest absolute Gasteiger partial charge is 0.0468 e. The summed E-state index contributed by atoms with van der Waals surface area (Å²) in [5.74, 6) is 0. The van der Waals surface area contributed by atoms with Gasteiger partial charge in [-0.2, -0.15) is 0 Å². The van der Waals surface area contributed by atoms with Gasteiger partial charge in [-0.25, -0.2) is 0 Å². The zero-order valence-corrected chi connectivity index (χ0v) is 26.0. The van der Waals surface area contributed by atoms with Crippen LogP contribution < -0.4 is 4.90 Å². The molecule has 1 aliphatic carbocycles. The minimum Gasteiger partial charge on any atom is -0.310 e. The first-order chi connectivity index (χ1) is 22.6. The van der Waals surface area contributed by atoms with Crippen molar-refractivity contribution in [1.29, 1.82) is 0 Å². The van der Waals surface area contributed by atoms with E-state index in [1.165, 1.54) is 65.7 Å². The van der Waals surface area contributed by atoms with E-state index in [9.17, 15) is 0 Å². The SMILES string of the molecule is CC1(C)c2ccccc2-c2cc(N(c3ccccc3)c3ccc(-c4cc5ccccc5c5ccc6ccccc6c45)cc3)ccc21. The minimum atomic E-state index is -0.0174. The third-order valence-corrected chi connectivity index (χ3v) is 10.0. The number of nitrogens with zero attached hydrogens (tertiary/aromatic N) is 1. The van der Waals surface area contributed by atoms with Crippen LogP contribution in [0, 0.1) is 0 Å². The highest BCUT2D eigenvalue weighted by Crippen LogP contribution is 2.50. The largest absolute Gasteiger partial charge is 0.310 e. The lowest BCUT2D eigenvalue weighted by Crippen LogP contribution is -2.15. The van der Waals surface area contributed by atoms with Crippen molar-refractivity contribution in [2.75, 3.05) is 4.90 Å². The van der Waals surface area contributed by atoms with Crippen LogP contribution in [0.1, 0.15) is 25.0 Å². The van der Waals surface area contributed by atoms with Crippen LogP contribution >= 0.6 is 0 Å². The van der Waals surface area contributed by atoms with Gasteiger partial charge in [0.15, 0.2) is 0 Å². The molecule has 1 aliphatic rings. The molecule has 0 spiro atoms. The average Bonchev–Trinajstić information content (AvgIpc) is 3.34. The van der Waals surface area contributed by atoms with Crippen LogP contribution in [0.5, 0.6) is 0 Å². The predicted octanol–water partition coefficient (Wildman–Crippen LogP) is 12.6. The molecule has 0 saturated carbocycles. The number of rotatable bonds is 4. The van der Waals surface area contributed by atoms with Gasteiger partial charge in [0.05, 0.1) is 0 Å². The summed E-state index contributed by atoms with van der Waals surface area (Å²) in [7, 11) is 0. The van der Waals surface area contributed by atoms with E-state index in [4.69, 9.17) is 0 Å². The lowest BCUT2D eigenvalue weighted by molar-refractivity contribution is 0.660. The molecule has 218 valence electrons. The highest BCUT2D eigenvalue weighted by atomic mass is 15.1. The van der Waals surface area contributed by atoms with Gasteiger partial charge in [0, 0.05) is 22.5 Å². The normalized spacial score (nSPS) is 13.2. The van der Waals surface area contributed by atoms with Crippen LogP contribution in [-0.2, 0) is 5.41 Å². The van der Waals surface area contributed by atoms with Crippen LogP contribution in [0.2, 0.25) is 0 Å². The molecule has 0 atom stereocenters. The summed E-state index contributed by atoms with van der Waals surface area (Å²) < 4.78 is 0. The Bertz CT molecular complexity index is 2430. The first-order valence-electron chi connectivity index (χ1n) is 16.1. The van der Waals surface area contributed by atoms with Gasteiger partial charge in [-0.05, 0) is 108 Å². The molecule has 0 N–H and O–H groups in total. The zero-order valence-electron chi connectivity index (χ0n) is 26.0. The third-order valence-electron chi connectivity index (χ3n) is 10.0. The average molecular weight is 588 g/mol. The van der Waals surface area contributed by atoms with E-state index in [0.29, 0.717) is 0 Å². The maximum absolute atomic E-state index is 2.38. The Kier molecular flexibility index (Phi) is 5.92. The summed E-state index contributed by atoms with van der Waals surface area (Å²) in [6.45, 7) is 4.68. The Balaban J connectivity index is 1.21. The molecule has 0 radical (unpaired) electrons. The second-order valence-electron chi connectivity index (χ2n) is 13.0. The fourth-order valence-corrected chi connectivity index (χ4v) is 7.77. The Morgan fingerprint density at radius 3 is 1.85 bits per heavy atom. The van der Waals surface area contributed by atoms with Gasteiger partial charge in [0.1, 0.15) is 0 Å². The standard InChI is InChI=1S/C45H33N/c1-45(2)42-19-11-10-18-38(42)41-29-35(25-27-43(41)45)46(33-14-4-3-5-15-33)34-23-20-31(21-24-34)40-28-32-13-7-8-16-36(32)39-26-22-30-12-6-9-17-37(30)44(39)40/h3-29H,1-2H3. The summed E-state index contributed by atoms with van der Waals surface area (Å²) in [5, 5.41) is 7.71. The molecule has 0 unspecified atom stereocenters. The van der Waals surface area contributed by atoms with Crippen molar-refractivity contribution in [3.8, 4) is 22.3 Å². The van der Waals surface area contributed by atoms with Crippen molar-refractivity contribution < 1.29 is 0 Å². The molecule has 0 aromatic heterocycles. The Morgan fingerprint density at radius 2 is 1.02 bits per heavy atom. The molecule has 8 aromatic carbocycles. The summed E-state index contributed by atoms with van der Waals surface area (Å²) in [5.41, 5.74) is 11.3. The molecule has 9 rings (SSSR count). The summed E-state index contributed by atoms with van der Waals surface area (Å²) >= 11 is 0. The fourth-order valence-electron chi connectivity index (χ4n) is 7.77. The monoisotopic (exact) mass is 587 g/mol. The van der Waals surface area contributed by atoms with Gasteiger partial charge in [0.2, 0.25) is 0 Å². The van der Waals surface area contributed by atoms with Gasteiger partial charge in [-0.15, -0.1) is 0 Å². The van der Waals surface area contributed by atoms with Crippen molar-refractivity contribution in [2.45, 2.75) is 19.3 Å². The summed E-state index contributed by atoms with van der Waals surface area (Å²) in [6, 6.07) is 60.1. The van der Waals surface area contributed by atoms with Crippen molar-refractivity contribution in [2.24, 2.45) is 0 Å². The molecule has 0 amide bonds. The van der Waals surface area contributed by atoms with Crippen molar-refractivity contribution in [3.63, 3.8) is 0 Å². The van der Waals surface area contributed by atoms with E-state index in [0.717, 1.165) is 17.1 Å². The number of hydrogen-bond donors (Lipinski definition) is 0. The topological polar surface area (TPSA) is 3.24 Å². The fraction of sp³-hybridized carbons (Fsp3) is 0.0667. The second kappa shape index (κ2) is 10.2. The first-order valence-corrected chi connectivity index (χ1v) is 16.1. The van der Waals surface area contributed by atoms with E-state index in [2.05, 4.69) is 183 Å². The van der Waals surface area contributed by atoms with Crippen molar-refractivity contribution >= 4 is 49.4 Å². The number of anilines is 3. The molecule has 46 heavy (non-hydrogen) atoms. The summed E-state index contributed by atoms with van der Waals surface area (Å²) in [6.07, 6.45) is 0. The highest BCUT2D eigenvalue weighted by Gasteiger charge is 2.35. The van der Waals surface area contributed by atoms with E-state index in [-0.39, 0.29) is 5.41 Å². The molecule has 0 aliphatic heterocycles. The predicted molar refractivity (Wildman–Crippen MR) is 197 cm³/mol. The van der Waals surface area contributed by atoms with E-state index < -0.39 is 0 Å². The zero-order chi connectivity index (χ0) is 30.8. The first kappa shape index (κ1) is 26.7. The van der Waals surface area contributed by atoms with E-state index in [1.807, 2.05) is 0 Å². The number of benzene rings is 8. The number of fused-ring (bicyclic) bond motifs is 8. The lowest BCUT2D eigenvalue weighted by atomic mass is 9.82. The summed E-state index contributed by atoms with van der Waals surface area (Å²) in [4.78, 5) is 2.38.